The molecule has 0 amide bonds. The van der Waals surface area contributed by atoms with Gasteiger partial charge < -0.3 is 9.47 Å². The fraction of sp³-hybridized carbons (Fsp3) is 0.500. The van der Waals surface area contributed by atoms with Crippen LogP contribution < -0.4 is 4.90 Å². The highest BCUT2D eigenvalue weighted by atomic mass is 32.1. The van der Waals surface area contributed by atoms with Crippen LogP contribution >= 0.6 is 12.6 Å². The number of anilines is 1. The number of hydrogen-bond acceptors (Lipinski definition) is 3. The fourth-order valence-corrected chi connectivity index (χ4v) is 3.32. The van der Waals surface area contributed by atoms with Gasteiger partial charge in [-0.15, -0.1) is 0 Å². The fourth-order valence-electron chi connectivity index (χ4n) is 2.84. The molecule has 0 bridgehead atoms. The molecular formula is C14H19N3S. The lowest BCUT2D eigenvalue weighted by Crippen LogP contribution is -2.52. The van der Waals surface area contributed by atoms with Crippen molar-refractivity contribution in [1.82, 2.24) is 9.55 Å². The molecule has 3 nitrogen and oxygen atoms in total. The minimum atomic E-state index is -0.0127. The maximum absolute atomic E-state index is 4.78. The molecule has 2 heterocycles. The normalized spacial score (nSPS) is 20.4. The topological polar surface area (TPSA) is 21.1 Å². The Morgan fingerprint density at radius 2 is 1.78 bits per heavy atom. The number of nitrogens with zero attached hydrogens (tertiary/aromatic N) is 3. The van der Waals surface area contributed by atoms with Crippen molar-refractivity contribution in [2.75, 3.05) is 10.8 Å². The lowest BCUT2D eigenvalue weighted by atomic mass is 9.83. The van der Waals surface area contributed by atoms with E-state index in [1.54, 1.807) is 0 Å². The summed E-state index contributed by atoms with van der Waals surface area (Å²) < 4.78 is 2.35. The highest BCUT2D eigenvalue weighted by Gasteiger charge is 2.51. The quantitative estimate of drug-likeness (QED) is 0.796. The number of thiol groups is 1. The van der Waals surface area contributed by atoms with Crippen molar-refractivity contribution >= 4 is 29.6 Å². The Hall–Kier alpha value is -1.16. The number of aromatic nitrogens is 2. The molecule has 0 atom stereocenters. The van der Waals surface area contributed by atoms with E-state index in [1.165, 1.54) is 5.52 Å². The van der Waals surface area contributed by atoms with Crippen LogP contribution in [0.1, 0.15) is 27.7 Å². The lowest BCUT2D eigenvalue weighted by molar-refractivity contribution is 0.247. The molecule has 1 aliphatic rings. The van der Waals surface area contributed by atoms with Gasteiger partial charge in [0.15, 0.2) is 0 Å². The first-order valence-electron chi connectivity index (χ1n) is 6.28. The van der Waals surface area contributed by atoms with Gasteiger partial charge in [0.05, 0.1) is 28.0 Å². The summed E-state index contributed by atoms with van der Waals surface area (Å²) in [5.41, 5.74) is 2.25. The van der Waals surface area contributed by atoms with Crippen molar-refractivity contribution in [1.29, 1.82) is 0 Å². The van der Waals surface area contributed by atoms with E-state index in [-0.39, 0.29) is 11.1 Å². The zero-order chi connectivity index (χ0) is 13.1. The van der Waals surface area contributed by atoms with Crippen molar-refractivity contribution in [3.8, 4) is 0 Å². The third kappa shape index (κ3) is 1.19. The Bertz CT molecular complexity index is 613. The van der Waals surface area contributed by atoms with Crippen LogP contribution in [0.3, 0.4) is 0 Å². The molecule has 0 spiro atoms. The molecule has 18 heavy (non-hydrogen) atoms. The summed E-state index contributed by atoms with van der Waals surface area (Å²) in [7, 11) is 0. The zero-order valence-electron chi connectivity index (χ0n) is 11.3. The van der Waals surface area contributed by atoms with Crippen molar-refractivity contribution < 1.29 is 0 Å². The second kappa shape index (κ2) is 3.44. The van der Waals surface area contributed by atoms with E-state index in [1.807, 2.05) is 6.07 Å². The van der Waals surface area contributed by atoms with E-state index in [4.69, 9.17) is 4.98 Å². The molecule has 96 valence electrons. The molecule has 1 aromatic heterocycles. The number of hydrogen-bond donors (Lipinski definition) is 1. The maximum atomic E-state index is 4.78. The molecule has 1 aromatic carbocycles. The summed E-state index contributed by atoms with van der Waals surface area (Å²) in [5.74, 6) is 1.71. The molecule has 0 radical (unpaired) electrons. The van der Waals surface area contributed by atoms with Gasteiger partial charge in [0.1, 0.15) is 0 Å². The number of imidazole rings is 1. The van der Waals surface area contributed by atoms with E-state index in [9.17, 15) is 0 Å². The van der Waals surface area contributed by atoms with Gasteiger partial charge in [-0.25, -0.2) is 4.98 Å². The van der Waals surface area contributed by atoms with Gasteiger partial charge in [0, 0.05) is 0 Å². The largest absolute Gasteiger partial charge is 0.326 e. The van der Waals surface area contributed by atoms with Gasteiger partial charge in [-0.1, -0.05) is 12.1 Å². The third-order valence-corrected chi connectivity index (χ3v) is 4.94. The number of benzene rings is 1. The van der Waals surface area contributed by atoms with Gasteiger partial charge in [-0.05, 0) is 39.8 Å². The van der Waals surface area contributed by atoms with E-state index in [2.05, 4.69) is 68.0 Å². The second-order valence-electron chi connectivity index (χ2n) is 5.92. The Morgan fingerprint density at radius 1 is 1.11 bits per heavy atom. The van der Waals surface area contributed by atoms with Gasteiger partial charge in [0.25, 0.3) is 0 Å². The van der Waals surface area contributed by atoms with E-state index in [0.717, 1.165) is 11.5 Å². The SMILES string of the molecule is CC1(C)N(CS)c2nc3ccccc3n2C1(C)C. The van der Waals surface area contributed by atoms with Crippen LogP contribution in [0, 0.1) is 0 Å². The number of para-hydroxylation sites is 2. The number of fused-ring (bicyclic) bond motifs is 3. The average molecular weight is 261 g/mol. The van der Waals surface area contributed by atoms with Gasteiger partial charge >= 0.3 is 0 Å². The molecule has 0 saturated carbocycles. The van der Waals surface area contributed by atoms with Crippen LogP contribution in [0.15, 0.2) is 24.3 Å². The first kappa shape index (κ1) is 11.9. The molecule has 0 fully saturated rings. The monoisotopic (exact) mass is 261 g/mol. The molecule has 1 aliphatic heterocycles. The molecule has 0 saturated heterocycles. The molecule has 0 N–H and O–H groups in total. The van der Waals surface area contributed by atoms with Crippen LogP contribution in [0.5, 0.6) is 0 Å². The van der Waals surface area contributed by atoms with E-state index >= 15 is 0 Å². The highest BCUT2D eigenvalue weighted by Crippen LogP contribution is 2.47. The maximum Gasteiger partial charge on any atom is 0.208 e. The molecular weight excluding hydrogens is 242 g/mol. The summed E-state index contributed by atoms with van der Waals surface area (Å²) in [6, 6.07) is 8.32. The van der Waals surface area contributed by atoms with Crippen molar-refractivity contribution in [2.24, 2.45) is 0 Å². The van der Waals surface area contributed by atoms with Crippen molar-refractivity contribution in [3.05, 3.63) is 24.3 Å². The third-order valence-electron chi connectivity index (χ3n) is 4.66. The van der Waals surface area contributed by atoms with Crippen LogP contribution in [-0.2, 0) is 5.54 Å². The Labute approximate surface area is 113 Å². The van der Waals surface area contributed by atoms with Crippen LogP contribution in [0.25, 0.3) is 11.0 Å². The first-order chi connectivity index (χ1) is 8.41. The van der Waals surface area contributed by atoms with Crippen molar-refractivity contribution in [2.45, 2.75) is 38.8 Å². The Morgan fingerprint density at radius 3 is 2.44 bits per heavy atom. The van der Waals surface area contributed by atoms with Crippen LogP contribution in [0.2, 0.25) is 0 Å². The lowest BCUT2D eigenvalue weighted by Gasteiger charge is -2.41. The summed E-state index contributed by atoms with van der Waals surface area (Å²) >= 11 is 4.49. The molecule has 0 aliphatic carbocycles. The van der Waals surface area contributed by atoms with Gasteiger partial charge in [-0.2, -0.15) is 12.6 Å². The van der Waals surface area contributed by atoms with E-state index < -0.39 is 0 Å². The molecule has 2 aromatic rings. The predicted molar refractivity (Wildman–Crippen MR) is 79.5 cm³/mol. The van der Waals surface area contributed by atoms with Crippen LogP contribution in [0.4, 0.5) is 5.95 Å². The average Bonchev–Trinajstić information content (AvgIpc) is 2.73. The van der Waals surface area contributed by atoms with Gasteiger partial charge in [-0.3, -0.25) is 0 Å². The minimum Gasteiger partial charge on any atom is -0.326 e. The summed E-state index contributed by atoms with van der Waals surface area (Å²) in [4.78, 5) is 7.05. The highest BCUT2D eigenvalue weighted by molar-refractivity contribution is 7.80. The Kier molecular flexibility index (Phi) is 2.28. The van der Waals surface area contributed by atoms with E-state index in [0.29, 0.717) is 5.88 Å². The minimum absolute atomic E-state index is 0.00111. The second-order valence-corrected chi connectivity index (χ2v) is 6.21. The first-order valence-corrected chi connectivity index (χ1v) is 6.91. The predicted octanol–water partition coefficient (Wildman–Crippen LogP) is 3.26. The van der Waals surface area contributed by atoms with Gasteiger partial charge in [0.2, 0.25) is 5.95 Å². The molecule has 4 heteroatoms. The number of rotatable bonds is 1. The van der Waals surface area contributed by atoms with Crippen molar-refractivity contribution in [3.63, 3.8) is 0 Å². The zero-order valence-corrected chi connectivity index (χ0v) is 12.2. The summed E-state index contributed by atoms with van der Waals surface area (Å²) in [6.45, 7) is 9.06. The standard InChI is InChI=1S/C14H19N3S/c1-13(2)14(3,4)17-11-8-6-5-7-10(11)15-12(17)16(13)9-18/h5-8,18H,9H2,1-4H3. The molecule has 3 rings (SSSR count). The molecule has 0 unspecified atom stereocenters. The van der Waals surface area contributed by atoms with Crippen LogP contribution in [-0.4, -0.2) is 21.0 Å². The summed E-state index contributed by atoms with van der Waals surface area (Å²) in [5, 5.41) is 0. The summed E-state index contributed by atoms with van der Waals surface area (Å²) in [6.07, 6.45) is 0. The smallest absolute Gasteiger partial charge is 0.208 e. The Balaban J connectivity index is 2.37.